The molecule has 102 valence electrons. The van der Waals surface area contributed by atoms with Crippen LogP contribution < -0.4 is 16.4 Å². The van der Waals surface area contributed by atoms with Gasteiger partial charge in [0.1, 0.15) is 12.1 Å². The molecule has 1 aliphatic carbocycles. The van der Waals surface area contributed by atoms with Crippen molar-refractivity contribution in [3.63, 3.8) is 0 Å². The third kappa shape index (κ3) is 2.54. The van der Waals surface area contributed by atoms with E-state index in [4.69, 9.17) is 5.73 Å². The average molecular weight is 269 g/mol. The Bertz CT molecular complexity index is 607. The van der Waals surface area contributed by atoms with E-state index in [1.54, 1.807) is 12.3 Å². The molecule has 1 aromatic carbocycles. The molecule has 0 bridgehead atoms. The average Bonchev–Trinajstić information content (AvgIpc) is 3.21. The molecule has 1 aliphatic rings. The van der Waals surface area contributed by atoms with E-state index in [9.17, 15) is 4.79 Å². The second-order valence-corrected chi connectivity index (χ2v) is 4.88. The maximum absolute atomic E-state index is 12.0. The van der Waals surface area contributed by atoms with Crippen molar-refractivity contribution in [2.75, 3.05) is 11.1 Å². The summed E-state index contributed by atoms with van der Waals surface area (Å²) in [4.78, 5) is 19.8. The molecule has 0 atom stereocenters. The number of aromatic nitrogens is 2. The van der Waals surface area contributed by atoms with Gasteiger partial charge >= 0.3 is 6.03 Å². The van der Waals surface area contributed by atoms with Gasteiger partial charge in [0.15, 0.2) is 0 Å². The van der Waals surface area contributed by atoms with Crippen LogP contribution in [0.2, 0.25) is 0 Å². The van der Waals surface area contributed by atoms with Crippen LogP contribution in [0.25, 0.3) is 0 Å². The Labute approximate surface area is 116 Å². The minimum atomic E-state index is -0.273. The molecular formula is C14H15N5O. The molecular weight excluding hydrogens is 254 g/mol. The minimum Gasteiger partial charge on any atom is -0.399 e. The number of hydrogen-bond donors (Lipinski definition) is 3. The zero-order valence-corrected chi connectivity index (χ0v) is 10.8. The van der Waals surface area contributed by atoms with Gasteiger partial charge in [-0.15, -0.1) is 0 Å². The lowest BCUT2D eigenvalue weighted by atomic mass is 10.0. The monoisotopic (exact) mass is 269 g/mol. The Morgan fingerprint density at radius 3 is 2.55 bits per heavy atom. The van der Waals surface area contributed by atoms with E-state index >= 15 is 0 Å². The third-order valence-electron chi connectivity index (χ3n) is 3.39. The highest BCUT2D eigenvalue weighted by atomic mass is 16.2. The van der Waals surface area contributed by atoms with Crippen molar-refractivity contribution >= 4 is 17.5 Å². The van der Waals surface area contributed by atoms with E-state index < -0.39 is 0 Å². The summed E-state index contributed by atoms with van der Waals surface area (Å²) in [5, 5.41) is 5.69. The third-order valence-corrected chi connectivity index (χ3v) is 3.39. The number of anilines is 2. The SMILES string of the molecule is Nc1ccc(C2(NC(=O)Nc3ccncn3)CC2)cc1. The van der Waals surface area contributed by atoms with Gasteiger partial charge in [0.05, 0.1) is 5.54 Å². The summed E-state index contributed by atoms with van der Waals surface area (Å²) in [5.41, 5.74) is 7.20. The molecule has 1 fully saturated rings. The molecule has 2 amide bonds. The number of nitrogens with zero attached hydrogens (tertiary/aromatic N) is 2. The van der Waals surface area contributed by atoms with Crippen molar-refractivity contribution in [2.24, 2.45) is 0 Å². The van der Waals surface area contributed by atoms with Crippen LogP contribution in [0.1, 0.15) is 18.4 Å². The predicted octanol–water partition coefficient (Wildman–Crippen LogP) is 1.87. The Kier molecular flexibility index (Phi) is 2.98. The first-order valence-electron chi connectivity index (χ1n) is 6.39. The van der Waals surface area contributed by atoms with Gasteiger partial charge < -0.3 is 11.1 Å². The fraction of sp³-hybridized carbons (Fsp3) is 0.214. The summed E-state index contributed by atoms with van der Waals surface area (Å²) in [6.45, 7) is 0. The number of rotatable bonds is 3. The summed E-state index contributed by atoms with van der Waals surface area (Å²) in [5.74, 6) is 0.477. The Hall–Kier alpha value is -2.63. The number of hydrogen-bond acceptors (Lipinski definition) is 4. The molecule has 0 aliphatic heterocycles. The highest BCUT2D eigenvalue weighted by Crippen LogP contribution is 2.45. The van der Waals surface area contributed by atoms with Gasteiger partial charge in [0.25, 0.3) is 0 Å². The maximum atomic E-state index is 12.0. The molecule has 6 heteroatoms. The van der Waals surface area contributed by atoms with Gasteiger partial charge in [-0.25, -0.2) is 14.8 Å². The first-order chi connectivity index (χ1) is 9.68. The molecule has 1 heterocycles. The standard InChI is InChI=1S/C14H15N5O/c15-11-3-1-10(2-4-11)14(6-7-14)19-13(20)18-12-5-8-16-9-17-12/h1-5,8-9H,6-7,15H2,(H2,16,17,18,19,20). The summed E-state index contributed by atoms with van der Waals surface area (Å²) < 4.78 is 0. The van der Waals surface area contributed by atoms with E-state index in [0.29, 0.717) is 5.82 Å². The van der Waals surface area contributed by atoms with Crippen LogP contribution >= 0.6 is 0 Å². The van der Waals surface area contributed by atoms with Crippen LogP contribution in [0, 0.1) is 0 Å². The number of amides is 2. The van der Waals surface area contributed by atoms with Crippen LogP contribution in [0.4, 0.5) is 16.3 Å². The van der Waals surface area contributed by atoms with E-state index in [0.717, 1.165) is 24.1 Å². The zero-order chi connectivity index (χ0) is 14.0. The lowest BCUT2D eigenvalue weighted by Crippen LogP contribution is -2.38. The number of nitrogen functional groups attached to an aromatic ring is 1. The van der Waals surface area contributed by atoms with E-state index in [1.807, 2.05) is 24.3 Å². The molecule has 1 saturated carbocycles. The molecule has 0 unspecified atom stereocenters. The summed E-state index contributed by atoms with van der Waals surface area (Å²) in [6.07, 6.45) is 4.82. The normalized spacial score (nSPS) is 15.4. The topological polar surface area (TPSA) is 92.9 Å². The highest BCUT2D eigenvalue weighted by molar-refractivity contribution is 5.89. The molecule has 0 saturated heterocycles. The van der Waals surface area contributed by atoms with Crippen molar-refractivity contribution in [3.05, 3.63) is 48.4 Å². The quantitative estimate of drug-likeness (QED) is 0.741. The number of carbonyl (C=O) groups is 1. The van der Waals surface area contributed by atoms with Crippen LogP contribution in [0.3, 0.4) is 0 Å². The van der Waals surface area contributed by atoms with E-state index in [2.05, 4.69) is 20.6 Å². The number of benzene rings is 1. The van der Waals surface area contributed by atoms with Gasteiger partial charge in [0, 0.05) is 11.9 Å². The first-order valence-corrected chi connectivity index (χ1v) is 6.39. The van der Waals surface area contributed by atoms with E-state index in [1.165, 1.54) is 6.33 Å². The fourth-order valence-corrected chi connectivity index (χ4v) is 2.14. The van der Waals surface area contributed by atoms with Crippen LogP contribution in [0.5, 0.6) is 0 Å². The molecule has 0 spiro atoms. The lowest BCUT2D eigenvalue weighted by molar-refractivity contribution is 0.247. The van der Waals surface area contributed by atoms with Gasteiger partial charge in [-0.05, 0) is 36.6 Å². The Morgan fingerprint density at radius 2 is 1.95 bits per heavy atom. The highest BCUT2D eigenvalue weighted by Gasteiger charge is 2.45. The first kappa shape index (κ1) is 12.4. The Balaban J connectivity index is 1.68. The van der Waals surface area contributed by atoms with E-state index in [-0.39, 0.29) is 11.6 Å². The molecule has 4 N–H and O–H groups in total. The maximum Gasteiger partial charge on any atom is 0.321 e. The zero-order valence-electron chi connectivity index (χ0n) is 10.8. The molecule has 0 radical (unpaired) electrons. The van der Waals surface area contributed by atoms with Crippen molar-refractivity contribution in [1.29, 1.82) is 0 Å². The summed E-state index contributed by atoms with van der Waals surface area (Å²) in [6, 6.07) is 8.97. The number of urea groups is 1. The summed E-state index contributed by atoms with van der Waals surface area (Å²) >= 11 is 0. The van der Waals surface area contributed by atoms with Crippen LogP contribution in [-0.2, 0) is 5.54 Å². The van der Waals surface area contributed by atoms with Gasteiger partial charge in [-0.2, -0.15) is 0 Å². The van der Waals surface area contributed by atoms with Crippen molar-refractivity contribution < 1.29 is 4.79 Å². The number of nitrogens with two attached hydrogens (primary N) is 1. The van der Waals surface area contributed by atoms with Crippen molar-refractivity contribution in [3.8, 4) is 0 Å². The van der Waals surface area contributed by atoms with Crippen LogP contribution in [0.15, 0.2) is 42.9 Å². The summed E-state index contributed by atoms with van der Waals surface area (Å²) in [7, 11) is 0. The van der Waals surface area contributed by atoms with Gasteiger partial charge in [0.2, 0.25) is 0 Å². The van der Waals surface area contributed by atoms with Crippen molar-refractivity contribution in [2.45, 2.75) is 18.4 Å². The Morgan fingerprint density at radius 1 is 1.20 bits per heavy atom. The molecule has 20 heavy (non-hydrogen) atoms. The molecule has 3 rings (SSSR count). The molecule has 1 aromatic heterocycles. The lowest BCUT2D eigenvalue weighted by Gasteiger charge is -2.18. The predicted molar refractivity (Wildman–Crippen MR) is 76.0 cm³/mol. The molecule has 6 nitrogen and oxygen atoms in total. The van der Waals surface area contributed by atoms with Gasteiger partial charge in [-0.3, -0.25) is 5.32 Å². The van der Waals surface area contributed by atoms with Gasteiger partial charge in [-0.1, -0.05) is 12.1 Å². The van der Waals surface area contributed by atoms with Crippen LogP contribution in [-0.4, -0.2) is 16.0 Å². The number of carbonyl (C=O) groups excluding carboxylic acids is 1. The van der Waals surface area contributed by atoms with Crippen molar-refractivity contribution in [1.82, 2.24) is 15.3 Å². The fourth-order valence-electron chi connectivity index (χ4n) is 2.14. The largest absolute Gasteiger partial charge is 0.399 e. The second kappa shape index (κ2) is 4.80. The second-order valence-electron chi connectivity index (χ2n) is 4.88. The minimum absolute atomic E-state index is 0.266. The smallest absolute Gasteiger partial charge is 0.321 e. The molecule has 2 aromatic rings. The number of nitrogens with one attached hydrogen (secondary N) is 2.